The third kappa shape index (κ3) is 6.30. The number of rotatable bonds is 10. The Kier molecular flexibility index (Phi) is 8.44. The molecule has 0 aliphatic heterocycles. The lowest BCUT2D eigenvalue weighted by Crippen LogP contribution is -2.53. The van der Waals surface area contributed by atoms with Gasteiger partial charge in [0.2, 0.25) is 5.91 Å². The molecule has 0 bridgehead atoms. The van der Waals surface area contributed by atoms with E-state index < -0.39 is 30.1 Å². The van der Waals surface area contributed by atoms with Crippen LogP contribution in [0.3, 0.4) is 0 Å². The second kappa shape index (κ2) is 12.5. The van der Waals surface area contributed by atoms with Crippen LogP contribution in [0.5, 0.6) is 0 Å². The highest BCUT2D eigenvalue weighted by molar-refractivity contribution is 5.89. The monoisotopic (exact) mass is 548 g/mol. The molecular weight excluding hydrogens is 516 g/mol. The first-order valence-electron chi connectivity index (χ1n) is 13.6. The number of ether oxygens (including phenoxy) is 1. The number of nitrogens with one attached hydrogen (secondary N) is 1. The Morgan fingerprint density at radius 3 is 1.78 bits per heavy atom. The Bertz CT molecular complexity index is 1480. The zero-order valence-corrected chi connectivity index (χ0v) is 22.8. The van der Waals surface area contributed by atoms with Gasteiger partial charge < -0.3 is 20.1 Å². The van der Waals surface area contributed by atoms with Gasteiger partial charge in [0, 0.05) is 25.8 Å². The van der Waals surface area contributed by atoms with Crippen LogP contribution in [-0.2, 0) is 27.2 Å². The number of carbonyl (C=O) groups is 3. The molecule has 0 spiro atoms. The first-order valence-corrected chi connectivity index (χ1v) is 13.6. The topological polar surface area (TPSA) is 95.9 Å². The summed E-state index contributed by atoms with van der Waals surface area (Å²) in [5, 5.41) is 12.7. The van der Waals surface area contributed by atoms with Crippen LogP contribution in [0.15, 0.2) is 109 Å². The number of carboxylic acid groups (broad SMARTS) is 1. The lowest BCUT2D eigenvalue weighted by molar-refractivity contribution is -0.149. The summed E-state index contributed by atoms with van der Waals surface area (Å²) < 4.78 is 5.70. The van der Waals surface area contributed by atoms with Crippen molar-refractivity contribution in [3.05, 3.63) is 131 Å². The summed E-state index contributed by atoms with van der Waals surface area (Å²) in [4.78, 5) is 40.2. The van der Waals surface area contributed by atoms with Crippen LogP contribution in [0, 0.1) is 0 Å². The molecule has 7 nitrogen and oxygen atoms in total. The number of fused-ring (bicyclic) bond motifs is 3. The van der Waals surface area contributed by atoms with Gasteiger partial charge in [0.05, 0.1) is 0 Å². The van der Waals surface area contributed by atoms with E-state index in [1.165, 1.54) is 11.9 Å². The van der Waals surface area contributed by atoms with Gasteiger partial charge in [-0.15, -0.1) is 0 Å². The minimum Gasteiger partial charge on any atom is -0.480 e. The van der Waals surface area contributed by atoms with Gasteiger partial charge in [-0.05, 0) is 33.4 Å². The van der Waals surface area contributed by atoms with Crippen molar-refractivity contribution in [3.8, 4) is 11.1 Å². The smallest absolute Gasteiger partial charge is 0.407 e. The Morgan fingerprint density at radius 1 is 0.756 bits per heavy atom. The average molecular weight is 549 g/mol. The second-order valence-corrected chi connectivity index (χ2v) is 10.2. The fraction of sp³-hybridized carbons (Fsp3) is 0.206. The van der Waals surface area contributed by atoms with Gasteiger partial charge in [0.1, 0.15) is 18.7 Å². The maximum absolute atomic E-state index is 13.7. The molecule has 0 heterocycles. The quantitative estimate of drug-likeness (QED) is 0.281. The average Bonchev–Trinajstić information content (AvgIpc) is 3.32. The first-order chi connectivity index (χ1) is 19.9. The van der Waals surface area contributed by atoms with Gasteiger partial charge >= 0.3 is 12.1 Å². The third-order valence-corrected chi connectivity index (χ3v) is 7.59. The molecule has 2 amide bonds. The van der Waals surface area contributed by atoms with Crippen molar-refractivity contribution in [1.29, 1.82) is 0 Å². The van der Waals surface area contributed by atoms with Gasteiger partial charge in [-0.25, -0.2) is 9.59 Å². The van der Waals surface area contributed by atoms with Gasteiger partial charge in [-0.1, -0.05) is 109 Å². The molecule has 0 radical (unpaired) electrons. The van der Waals surface area contributed by atoms with Crippen LogP contribution in [0.2, 0.25) is 0 Å². The van der Waals surface area contributed by atoms with Gasteiger partial charge in [-0.3, -0.25) is 4.79 Å². The van der Waals surface area contributed by atoms with Crippen molar-refractivity contribution in [3.63, 3.8) is 0 Å². The van der Waals surface area contributed by atoms with E-state index in [-0.39, 0.29) is 25.4 Å². The van der Waals surface area contributed by atoms with Crippen LogP contribution in [-0.4, -0.2) is 53.7 Å². The molecule has 1 aliphatic rings. The van der Waals surface area contributed by atoms with E-state index >= 15 is 0 Å². The van der Waals surface area contributed by atoms with Gasteiger partial charge in [-0.2, -0.15) is 0 Å². The fourth-order valence-corrected chi connectivity index (χ4v) is 5.46. The summed E-state index contributed by atoms with van der Waals surface area (Å²) >= 11 is 0. The summed E-state index contributed by atoms with van der Waals surface area (Å²) in [5.74, 6) is -1.75. The number of nitrogens with zero attached hydrogens (tertiary/aromatic N) is 1. The number of benzene rings is 4. The highest BCUT2D eigenvalue weighted by Gasteiger charge is 2.34. The molecule has 208 valence electrons. The fourth-order valence-electron chi connectivity index (χ4n) is 5.46. The molecule has 41 heavy (non-hydrogen) atoms. The number of carboxylic acids is 1. The van der Waals surface area contributed by atoms with E-state index in [0.29, 0.717) is 0 Å². The lowest BCUT2D eigenvalue weighted by Gasteiger charge is -2.29. The number of carbonyl (C=O) groups excluding carboxylic acids is 2. The molecule has 4 aromatic carbocycles. The normalized spacial score (nSPS) is 13.4. The first kappa shape index (κ1) is 27.6. The van der Waals surface area contributed by atoms with Crippen LogP contribution >= 0.6 is 0 Å². The third-order valence-electron chi connectivity index (χ3n) is 7.59. The lowest BCUT2D eigenvalue weighted by atomic mass is 9.98. The van der Waals surface area contributed by atoms with Crippen molar-refractivity contribution < 1.29 is 24.2 Å². The second-order valence-electron chi connectivity index (χ2n) is 10.2. The highest BCUT2D eigenvalue weighted by atomic mass is 16.5. The molecule has 2 atom stereocenters. The molecule has 2 N–H and O–H groups in total. The van der Waals surface area contributed by atoms with Crippen molar-refractivity contribution in [2.75, 3.05) is 13.7 Å². The minimum absolute atomic E-state index is 0.105. The van der Waals surface area contributed by atoms with E-state index in [4.69, 9.17) is 4.74 Å². The van der Waals surface area contributed by atoms with E-state index in [1.54, 1.807) is 0 Å². The molecule has 0 saturated carbocycles. The van der Waals surface area contributed by atoms with Crippen LogP contribution in [0.1, 0.15) is 28.2 Å². The van der Waals surface area contributed by atoms with Gasteiger partial charge in [0.25, 0.3) is 0 Å². The van der Waals surface area contributed by atoms with Crippen LogP contribution in [0.25, 0.3) is 11.1 Å². The van der Waals surface area contributed by atoms with Crippen molar-refractivity contribution >= 4 is 18.0 Å². The van der Waals surface area contributed by atoms with Gasteiger partial charge in [0.15, 0.2) is 0 Å². The van der Waals surface area contributed by atoms with Crippen molar-refractivity contribution in [1.82, 2.24) is 10.2 Å². The number of alkyl carbamates (subject to hydrolysis) is 1. The Morgan fingerprint density at radius 2 is 1.24 bits per heavy atom. The zero-order valence-electron chi connectivity index (χ0n) is 22.8. The van der Waals surface area contributed by atoms with Crippen LogP contribution in [0.4, 0.5) is 4.79 Å². The molecule has 4 aromatic rings. The predicted molar refractivity (Wildman–Crippen MR) is 156 cm³/mol. The van der Waals surface area contributed by atoms with E-state index in [2.05, 4.69) is 17.4 Å². The van der Waals surface area contributed by atoms with Crippen LogP contribution < -0.4 is 5.32 Å². The summed E-state index contributed by atoms with van der Waals surface area (Å²) in [5.41, 5.74) is 6.03. The number of likely N-dealkylation sites (N-methyl/N-ethyl adjacent to an activating group) is 1. The number of hydrogen-bond donors (Lipinski definition) is 2. The summed E-state index contributed by atoms with van der Waals surface area (Å²) in [6.07, 6.45) is -0.405. The van der Waals surface area contributed by atoms with E-state index in [9.17, 15) is 19.5 Å². The number of amides is 2. The summed E-state index contributed by atoms with van der Waals surface area (Å²) in [6, 6.07) is 32.4. The molecule has 0 saturated heterocycles. The molecule has 0 unspecified atom stereocenters. The van der Waals surface area contributed by atoms with Crippen molar-refractivity contribution in [2.24, 2.45) is 0 Å². The summed E-state index contributed by atoms with van der Waals surface area (Å²) in [7, 11) is 1.46. The Balaban J connectivity index is 1.32. The largest absolute Gasteiger partial charge is 0.480 e. The highest BCUT2D eigenvalue weighted by Crippen LogP contribution is 2.44. The minimum atomic E-state index is -1.12. The Hall–Kier alpha value is -4.91. The standard InChI is InChI=1S/C34H32N2O5/c1-36(31(33(38)39)21-24-14-6-3-7-15-24)32(37)30(20-23-12-4-2-5-13-23)35-34(40)41-22-29-27-18-10-8-16-25(27)26-17-9-11-19-28(26)29/h2-19,29-31H,20-22H2,1H3,(H,35,40)(H,38,39)/t30-,31-/m0/s1. The maximum atomic E-state index is 13.7. The summed E-state index contributed by atoms with van der Waals surface area (Å²) in [6.45, 7) is 0.105. The number of aliphatic carboxylic acids is 1. The Labute approximate surface area is 239 Å². The molecule has 0 fully saturated rings. The zero-order chi connectivity index (χ0) is 28.8. The number of hydrogen-bond acceptors (Lipinski definition) is 4. The predicted octanol–water partition coefficient (Wildman–Crippen LogP) is 5.29. The van der Waals surface area contributed by atoms with E-state index in [1.807, 2.05) is 97.1 Å². The van der Waals surface area contributed by atoms with Crippen molar-refractivity contribution in [2.45, 2.75) is 30.8 Å². The SMILES string of the molecule is CN(C(=O)[C@H](Cc1ccccc1)NC(=O)OCC1c2ccccc2-c2ccccc21)[C@@H](Cc1ccccc1)C(=O)O. The molecule has 7 heteroatoms. The molecular formula is C34H32N2O5. The molecule has 1 aliphatic carbocycles. The van der Waals surface area contributed by atoms with E-state index in [0.717, 1.165) is 33.4 Å². The molecule has 0 aromatic heterocycles. The maximum Gasteiger partial charge on any atom is 0.407 e. The molecule has 5 rings (SSSR count).